The van der Waals surface area contributed by atoms with Gasteiger partial charge in [-0.25, -0.2) is 4.98 Å². The number of benzene rings is 2. The molecule has 3 rings (SSSR count). The van der Waals surface area contributed by atoms with E-state index in [1.165, 1.54) is 0 Å². The van der Waals surface area contributed by atoms with Crippen molar-refractivity contribution >= 4 is 33.9 Å². The van der Waals surface area contributed by atoms with Gasteiger partial charge in [0.25, 0.3) is 0 Å². The van der Waals surface area contributed by atoms with Gasteiger partial charge >= 0.3 is 0 Å². The molecule has 1 aromatic heterocycles. The second-order valence-electron chi connectivity index (χ2n) is 5.21. The fourth-order valence-electron chi connectivity index (χ4n) is 2.31. The van der Waals surface area contributed by atoms with Gasteiger partial charge in [-0.05, 0) is 29.8 Å². The summed E-state index contributed by atoms with van der Waals surface area (Å²) in [5, 5.41) is 19.0. The van der Waals surface area contributed by atoms with Gasteiger partial charge in [0.2, 0.25) is 0 Å². The van der Waals surface area contributed by atoms with E-state index in [9.17, 15) is 0 Å². The minimum Gasteiger partial charge on any atom is -0.390 e. The van der Waals surface area contributed by atoms with Crippen molar-refractivity contribution in [2.75, 3.05) is 12.3 Å². The summed E-state index contributed by atoms with van der Waals surface area (Å²) in [5.41, 5.74) is 8.23. The van der Waals surface area contributed by atoms with Crippen LogP contribution in [0.5, 0.6) is 0 Å². The number of nitrogens with zero attached hydrogens (tertiary/aromatic N) is 1. The Morgan fingerprint density at radius 3 is 2.62 bits per heavy atom. The highest BCUT2D eigenvalue weighted by molar-refractivity contribution is 6.31. The Kier molecular flexibility index (Phi) is 4.48. The van der Waals surface area contributed by atoms with Crippen LogP contribution >= 0.6 is 11.6 Å². The number of hydrogen-bond acceptors (Lipinski definition) is 4. The van der Waals surface area contributed by atoms with Crippen LogP contribution in [-0.2, 0) is 0 Å². The van der Waals surface area contributed by atoms with Crippen LogP contribution in [0.25, 0.3) is 10.8 Å². The molecule has 2 aromatic carbocycles. The van der Waals surface area contributed by atoms with Gasteiger partial charge in [0.15, 0.2) is 0 Å². The van der Waals surface area contributed by atoms with Crippen LogP contribution in [0, 0.1) is 17.3 Å². The molecule has 0 atom stereocenters. The highest BCUT2D eigenvalue weighted by Crippen LogP contribution is 2.24. The van der Waals surface area contributed by atoms with Crippen molar-refractivity contribution in [2.24, 2.45) is 0 Å². The fourth-order valence-corrected chi connectivity index (χ4v) is 2.48. The summed E-state index contributed by atoms with van der Waals surface area (Å²) in [6.07, 6.45) is 1.70. The lowest BCUT2D eigenvalue weighted by Crippen LogP contribution is -2.03. The van der Waals surface area contributed by atoms with E-state index in [1.54, 1.807) is 36.5 Å². The van der Waals surface area contributed by atoms with Gasteiger partial charge < -0.3 is 16.2 Å². The highest BCUT2D eigenvalue weighted by Gasteiger charge is 2.05. The monoisotopic (exact) mass is 335 g/mol. The zero-order chi connectivity index (χ0) is 17.1. The molecule has 0 amide bonds. The molecule has 0 spiro atoms. The van der Waals surface area contributed by atoms with Crippen LogP contribution in [0.2, 0.25) is 5.02 Å². The summed E-state index contributed by atoms with van der Waals surface area (Å²) in [4.78, 5) is 4.17. The highest BCUT2D eigenvalue weighted by atomic mass is 35.5. The number of hydrogen-bond donors (Lipinski definition) is 3. The van der Waals surface area contributed by atoms with Gasteiger partial charge in [0.1, 0.15) is 5.82 Å². The van der Waals surface area contributed by atoms with Crippen molar-refractivity contribution < 1.29 is 5.11 Å². The Morgan fingerprint density at radius 2 is 1.92 bits per heavy atom. The average molecular weight is 336 g/mol. The van der Waals surface area contributed by atoms with Crippen molar-refractivity contribution in [1.29, 1.82) is 5.41 Å². The number of rotatable bonds is 2. The molecule has 5 heteroatoms. The number of anilines is 1. The number of aliphatic hydroxyl groups is 1. The number of aliphatic hydroxyl groups excluding tert-OH is 1. The summed E-state index contributed by atoms with van der Waals surface area (Å²) in [6, 6.07) is 12.6. The zero-order valence-corrected chi connectivity index (χ0v) is 13.4. The number of aromatic nitrogens is 1. The number of pyridine rings is 1. The Hall–Kier alpha value is -2.87. The molecule has 0 saturated heterocycles. The maximum atomic E-state index is 8.98. The first-order valence-electron chi connectivity index (χ1n) is 7.23. The molecule has 24 heavy (non-hydrogen) atoms. The van der Waals surface area contributed by atoms with E-state index in [0.717, 1.165) is 16.3 Å². The lowest BCUT2D eigenvalue weighted by atomic mass is 10.1. The Labute approximate surface area is 144 Å². The van der Waals surface area contributed by atoms with E-state index in [0.29, 0.717) is 22.0 Å². The first-order chi connectivity index (χ1) is 11.6. The topological polar surface area (TPSA) is 83.0 Å². The number of nitrogens with two attached hydrogens (primary N) is 1. The molecule has 0 radical (unpaired) electrons. The number of halogens is 1. The minimum atomic E-state index is -0.288. The van der Waals surface area contributed by atoms with E-state index in [-0.39, 0.29) is 12.3 Å². The number of fused-ring (bicyclic) bond motifs is 1. The van der Waals surface area contributed by atoms with Crippen molar-refractivity contribution in [2.45, 2.75) is 0 Å². The number of nitrogens with one attached hydrogen (secondary N) is 1. The van der Waals surface area contributed by atoms with Crippen LogP contribution in [-0.4, -0.2) is 22.4 Å². The molecule has 4 nitrogen and oxygen atoms in total. The fraction of sp³-hybridized carbons (Fsp3) is 0.0526. The van der Waals surface area contributed by atoms with Gasteiger partial charge in [0.05, 0.1) is 17.9 Å². The molecule has 0 aliphatic carbocycles. The summed E-state index contributed by atoms with van der Waals surface area (Å²) < 4.78 is 0. The third kappa shape index (κ3) is 3.23. The first kappa shape index (κ1) is 16.0. The van der Waals surface area contributed by atoms with Crippen LogP contribution in [0.1, 0.15) is 16.7 Å². The normalized spacial score (nSPS) is 10.2. The molecule has 0 aliphatic rings. The quantitative estimate of drug-likeness (QED) is 0.496. The number of nitrogen functional groups attached to an aromatic ring is 1. The first-order valence-corrected chi connectivity index (χ1v) is 7.61. The molecule has 0 fully saturated rings. The van der Waals surface area contributed by atoms with E-state index in [1.807, 2.05) is 12.1 Å². The third-order valence-corrected chi connectivity index (χ3v) is 3.84. The summed E-state index contributed by atoms with van der Waals surface area (Å²) in [7, 11) is 0. The molecule has 0 bridgehead atoms. The molecule has 4 N–H and O–H groups in total. The van der Waals surface area contributed by atoms with Crippen LogP contribution in [0.3, 0.4) is 0 Å². The average Bonchev–Trinajstić information content (AvgIpc) is 2.60. The molecule has 1 heterocycles. The van der Waals surface area contributed by atoms with E-state index < -0.39 is 0 Å². The van der Waals surface area contributed by atoms with E-state index in [4.69, 9.17) is 27.9 Å². The van der Waals surface area contributed by atoms with Gasteiger partial charge in [0, 0.05) is 27.6 Å². The van der Waals surface area contributed by atoms with Crippen molar-refractivity contribution in [3.8, 4) is 11.8 Å². The van der Waals surface area contributed by atoms with Crippen LogP contribution in [0.15, 0.2) is 48.7 Å². The van der Waals surface area contributed by atoms with Crippen LogP contribution < -0.4 is 5.73 Å². The molecule has 0 saturated carbocycles. The molecule has 0 unspecified atom stereocenters. The third-order valence-electron chi connectivity index (χ3n) is 3.61. The molecule has 0 aliphatic heterocycles. The maximum absolute atomic E-state index is 8.98. The Morgan fingerprint density at radius 1 is 1.17 bits per heavy atom. The molecule has 3 aromatic rings. The predicted octanol–water partition coefficient (Wildman–Crippen LogP) is 3.23. The van der Waals surface area contributed by atoms with Gasteiger partial charge in [-0.2, -0.15) is 0 Å². The predicted molar refractivity (Wildman–Crippen MR) is 97.5 cm³/mol. The van der Waals surface area contributed by atoms with Crippen LogP contribution in [0.4, 0.5) is 5.82 Å². The minimum absolute atomic E-state index is 0.173. The lowest BCUT2D eigenvalue weighted by Gasteiger charge is -2.04. The largest absolute Gasteiger partial charge is 0.390 e. The second-order valence-corrected chi connectivity index (χ2v) is 5.65. The SMILES string of the molecule is N=C(CO)c1ccc(C#Cc2c(N)ncc3ccc(Cl)cc23)cc1. The Bertz CT molecular complexity index is 980. The van der Waals surface area contributed by atoms with E-state index >= 15 is 0 Å². The summed E-state index contributed by atoms with van der Waals surface area (Å²) in [5.74, 6) is 6.47. The summed E-state index contributed by atoms with van der Waals surface area (Å²) >= 11 is 6.07. The summed E-state index contributed by atoms with van der Waals surface area (Å²) in [6.45, 7) is -0.288. The smallest absolute Gasteiger partial charge is 0.139 e. The molecular weight excluding hydrogens is 322 g/mol. The standard InChI is InChI=1S/C19H14ClN3O/c20-15-7-6-14-10-23-19(22)16(17(14)9-15)8-3-12-1-4-13(5-2-12)18(21)11-24/h1-2,4-7,9-10,21,24H,11H2,(H2,22,23). The molecule has 118 valence electrons. The van der Waals surface area contributed by atoms with Gasteiger partial charge in [-0.1, -0.05) is 41.6 Å². The van der Waals surface area contributed by atoms with Crippen molar-refractivity contribution in [3.63, 3.8) is 0 Å². The van der Waals surface area contributed by atoms with Gasteiger partial charge in [-0.3, -0.25) is 0 Å². The van der Waals surface area contributed by atoms with E-state index in [2.05, 4.69) is 16.8 Å². The zero-order valence-electron chi connectivity index (χ0n) is 12.7. The Balaban J connectivity index is 2.02. The second kappa shape index (κ2) is 6.71. The maximum Gasteiger partial charge on any atom is 0.139 e. The van der Waals surface area contributed by atoms with Crippen molar-refractivity contribution in [1.82, 2.24) is 4.98 Å². The van der Waals surface area contributed by atoms with Crippen molar-refractivity contribution in [3.05, 3.63) is 70.4 Å². The van der Waals surface area contributed by atoms with Gasteiger partial charge in [-0.15, -0.1) is 0 Å². The lowest BCUT2D eigenvalue weighted by molar-refractivity contribution is 0.357. The molecular formula is C19H14ClN3O.